The van der Waals surface area contributed by atoms with E-state index >= 15 is 0 Å². The summed E-state index contributed by atoms with van der Waals surface area (Å²) in [4.78, 5) is 115. The fraction of sp³-hybridized carbons (Fsp3) is 0.290. The van der Waals surface area contributed by atoms with Crippen molar-refractivity contribution in [3.05, 3.63) is 288 Å². The Balaban J connectivity index is 0.000000194. The number of hydrogen-bond donors (Lipinski definition) is 5. The van der Waals surface area contributed by atoms with Crippen molar-refractivity contribution in [1.29, 1.82) is 0 Å². The van der Waals surface area contributed by atoms with Crippen molar-refractivity contribution in [3.63, 3.8) is 0 Å². The molecule has 6 heterocycles. The number of esters is 2. The van der Waals surface area contributed by atoms with Crippen LogP contribution in [0, 0.1) is 17.8 Å². The number of carboxylic acids is 2. The Morgan fingerprint density at radius 3 is 1.10 bits per heavy atom. The second kappa shape index (κ2) is 39.5. The molecule has 2 unspecified atom stereocenters. The number of amides is 4. The van der Waals surface area contributed by atoms with E-state index in [-0.39, 0.29) is 50.1 Å². The number of nitrogens with one attached hydrogen (secondary N) is 2. The minimum atomic E-state index is -2.35. The minimum absolute atomic E-state index is 0. The van der Waals surface area contributed by atoms with Crippen LogP contribution in [0.5, 0.6) is 17.2 Å². The number of aliphatic carboxylic acids is 2. The Labute approximate surface area is 732 Å². The average molecular weight is 1720 g/mol. The number of para-hydroxylation sites is 3. The van der Waals surface area contributed by atoms with Gasteiger partial charge in [0.15, 0.2) is 16.5 Å². The summed E-state index contributed by atoms with van der Waals surface area (Å²) in [5, 5.41) is 33.7. The molecule has 5 N–H and O–H groups in total. The topological polar surface area (TPSA) is 313 Å². The van der Waals surface area contributed by atoms with Gasteiger partial charge in [-0.15, -0.1) is 0 Å². The van der Waals surface area contributed by atoms with Gasteiger partial charge in [0.05, 0.1) is 65.6 Å². The highest BCUT2D eigenvalue weighted by Crippen LogP contribution is 2.48. The number of methoxy groups -OCH3 is 2. The van der Waals surface area contributed by atoms with Crippen LogP contribution in [0.15, 0.2) is 255 Å². The van der Waals surface area contributed by atoms with E-state index in [1.165, 1.54) is 14.2 Å². The Kier molecular flexibility index (Phi) is 29.7. The number of carboxylic acid groups (broad SMARTS) is 2. The van der Waals surface area contributed by atoms with Gasteiger partial charge < -0.3 is 48.3 Å². The lowest BCUT2D eigenvalue weighted by molar-refractivity contribution is -0.163. The maximum absolute atomic E-state index is 13.3. The molecule has 0 spiro atoms. The summed E-state index contributed by atoms with van der Waals surface area (Å²) >= 11 is 0. The maximum Gasteiger partial charge on any atom is 0.351 e. The number of ether oxygens (including phenoxy) is 5. The number of aromatic nitrogens is 3. The SMILES string of the molecule is C.C.C.CC(C)(C)[Si](C)(C)N1C(=O)[C@H](Cc2ccc(OCc3cc(-c4ccccc4)nc4ccccc34)cc2)[C@H]1C(=O)O.COC(=O)C(Oc1ccc(C[C@H]2C(=O)N([Si](C)(C)C(C)(C)C)[C@@H]2C(=O)O)cc1)c1cc(-c2ccccc2)nc2ccccc12.COC(=O)C(Oc1ccc(C[C@H]2C(=O)N[C@@H]2C(=O)NO)cc1)c1cc(-c2ccccc2)nc2ccccc12. The molecule has 25 heteroatoms. The van der Waals surface area contributed by atoms with E-state index in [0.29, 0.717) is 65.6 Å². The number of fused-ring (bicyclic) bond motifs is 3. The summed E-state index contributed by atoms with van der Waals surface area (Å²) in [7, 11) is -2.01. The van der Waals surface area contributed by atoms with Gasteiger partial charge in [0.2, 0.25) is 29.9 Å². The molecule has 0 saturated carbocycles. The summed E-state index contributed by atoms with van der Waals surface area (Å²) < 4.78 is 32.2. The van der Waals surface area contributed by atoms with Crippen LogP contribution >= 0.6 is 0 Å². The number of β-lactam (4-membered cyclic amide) rings is 3. The zero-order valence-electron chi connectivity index (χ0n) is 70.1. The molecule has 0 bridgehead atoms. The minimum Gasteiger partial charge on any atom is -0.489 e. The standard InChI is InChI=1S/C35H38N2O6Si.C33H36N2O4Si.C29H25N3O6.3CH4/c1-35(2,3)44(5,6)37-30(33(39)40)27(32(37)38)20-22-16-18-24(19-17-22)43-31(34(41)42-4)26-21-29(23-12-8-7-9-13-23)36-28-15-11-10-14-25(26)28;1-33(2,3)40(4,5)35-30(32(37)38)27(31(35)36)19-22-15-17-25(18-16-22)39-21-24-20-29(23-11-7-6-8-12-23)34-28-14-10-9-13-26(24)28;1-37-29(35)26(21-16-24(18-7-3-2-4-8-18)30-23-10-6-5-9-20(21)23)38-19-13-11-17(12-14-19)15-22-25(28(34)32-36)31-27(22)33;;;/h7-19,21,27,30-31H,20H2,1-6H3,(H,39,40);6-18,20,27,30H,19,21H2,1-5H3,(H,37,38);2-14,16,22,25-26,36H,15H2,1H3,(H,31,33)(H,32,34);3*1H4/t27-,30+,31?;27-,30+;22-,25+,26?;;;/m111.../s1. The first kappa shape index (κ1) is 94.0. The molecule has 8 atom stereocenters. The summed E-state index contributed by atoms with van der Waals surface area (Å²) in [6.07, 6.45) is -1.12. The summed E-state index contributed by atoms with van der Waals surface area (Å²) in [6.45, 7) is 21.1. The smallest absolute Gasteiger partial charge is 0.351 e. The van der Waals surface area contributed by atoms with Crippen LogP contribution in [-0.2, 0) is 73.7 Å². The van der Waals surface area contributed by atoms with Crippen LogP contribution in [0.3, 0.4) is 0 Å². The fourth-order valence-electron chi connectivity index (χ4n) is 15.5. The molecule has 9 aromatic carbocycles. The van der Waals surface area contributed by atoms with Crippen molar-refractivity contribution >= 4 is 96.7 Å². The van der Waals surface area contributed by atoms with Crippen LogP contribution in [0.4, 0.5) is 0 Å². The van der Waals surface area contributed by atoms with Crippen molar-refractivity contribution in [3.8, 4) is 51.0 Å². The Morgan fingerprint density at radius 1 is 0.440 bits per heavy atom. The van der Waals surface area contributed by atoms with Gasteiger partial charge in [0.25, 0.3) is 5.91 Å². The van der Waals surface area contributed by atoms with Gasteiger partial charge in [-0.3, -0.25) is 24.4 Å². The van der Waals surface area contributed by atoms with Gasteiger partial charge in [-0.1, -0.05) is 272 Å². The number of hydrogen-bond acceptors (Lipinski definition) is 17. The molecule has 3 aliphatic rings. The second-order valence-corrected chi connectivity index (χ2v) is 44.0. The molecule has 15 rings (SSSR count). The molecule has 3 fully saturated rings. The number of carbonyl (C=O) groups excluding carboxylic acids is 6. The lowest BCUT2D eigenvalue weighted by Crippen LogP contribution is -2.75. The predicted octanol–water partition coefficient (Wildman–Crippen LogP) is 18.9. The highest BCUT2D eigenvalue weighted by Gasteiger charge is 2.61. The number of benzene rings is 9. The maximum atomic E-state index is 13.3. The number of rotatable bonds is 25. The van der Waals surface area contributed by atoms with Crippen LogP contribution in [0.1, 0.15) is 109 Å². The zero-order chi connectivity index (χ0) is 87.1. The molecular formula is C100H111N7O16Si2. The molecule has 125 heavy (non-hydrogen) atoms. The van der Waals surface area contributed by atoms with E-state index in [1.54, 1.807) is 51.0 Å². The summed E-state index contributed by atoms with van der Waals surface area (Å²) in [6, 6.07) is 77.7. The third-order valence-electron chi connectivity index (χ3n) is 24.2. The van der Waals surface area contributed by atoms with Crippen molar-refractivity contribution in [2.75, 3.05) is 14.2 Å². The van der Waals surface area contributed by atoms with Gasteiger partial charge in [0, 0.05) is 49.5 Å². The van der Waals surface area contributed by atoms with Crippen LogP contribution in [0.2, 0.25) is 36.3 Å². The van der Waals surface area contributed by atoms with Crippen LogP contribution in [-0.4, -0.2) is 136 Å². The van der Waals surface area contributed by atoms with Crippen molar-refractivity contribution in [2.24, 2.45) is 17.8 Å². The Morgan fingerprint density at radius 2 is 0.760 bits per heavy atom. The normalized spacial score (nSPS) is 17.0. The van der Waals surface area contributed by atoms with Gasteiger partial charge >= 0.3 is 23.9 Å². The quantitative estimate of drug-likeness (QED) is 0.0117. The molecule has 23 nitrogen and oxygen atoms in total. The van der Waals surface area contributed by atoms with Gasteiger partial charge in [-0.25, -0.2) is 39.6 Å². The molecule has 650 valence electrons. The van der Waals surface area contributed by atoms with Crippen LogP contribution in [0.25, 0.3) is 66.5 Å². The molecule has 12 aromatic rings. The Bertz CT molecular complexity index is 5870. The summed E-state index contributed by atoms with van der Waals surface area (Å²) in [5.74, 6) is -4.27. The average Bonchev–Trinajstić information content (AvgIpc) is 0.723. The molecule has 3 saturated heterocycles. The third-order valence-corrected chi connectivity index (χ3v) is 34.9. The molecular weight excluding hydrogens is 1610 g/mol. The van der Waals surface area contributed by atoms with Gasteiger partial charge in [-0.05, 0) is 119 Å². The first-order valence-corrected chi connectivity index (χ1v) is 46.3. The van der Waals surface area contributed by atoms with E-state index in [2.05, 4.69) is 85.2 Å². The molecule has 0 aliphatic carbocycles. The van der Waals surface area contributed by atoms with E-state index in [9.17, 15) is 48.6 Å². The highest BCUT2D eigenvalue weighted by atomic mass is 28.3. The number of carbonyl (C=O) groups is 8. The lowest BCUT2D eigenvalue weighted by Gasteiger charge is -2.56. The number of pyridine rings is 3. The molecule has 0 radical (unpaired) electrons. The second-order valence-electron chi connectivity index (χ2n) is 33.8. The third kappa shape index (κ3) is 20.2. The van der Waals surface area contributed by atoms with Crippen molar-refractivity contribution in [2.45, 2.75) is 156 Å². The molecule has 3 aromatic heterocycles. The largest absolute Gasteiger partial charge is 0.489 e. The predicted molar refractivity (Wildman–Crippen MR) is 491 cm³/mol. The zero-order valence-corrected chi connectivity index (χ0v) is 72.1. The Hall–Kier alpha value is -13.2. The van der Waals surface area contributed by atoms with E-state index in [1.807, 2.05) is 206 Å². The van der Waals surface area contributed by atoms with E-state index in [0.717, 1.165) is 77.3 Å². The highest BCUT2D eigenvalue weighted by molar-refractivity contribution is 6.80. The first-order chi connectivity index (χ1) is 58.3. The number of hydroxylamine groups is 1. The van der Waals surface area contributed by atoms with E-state index < -0.39 is 94.3 Å². The first-order valence-electron chi connectivity index (χ1n) is 40.4. The molecule has 4 amide bonds. The van der Waals surface area contributed by atoms with Crippen molar-refractivity contribution < 1.29 is 77.5 Å². The van der Waals surface area contributed by atoms with E-state index in [4.69, 9.17) is 43.8 Å². The monoisotopic (exact) mass is 1720 g/mol. The van der Waals surface area contributed by atoms with Crippen LogP contribution < -0.4 is 25.0 Å². The summed E-state index contributed by atoms with van der Waals surface area (Å²) in [5.41, 5.74) is 13.9. The van der Waals surface area contributed by atoms with Gasteiger partial charge in [0.1, 0.15) is 42.0 Å². The fourth-order valence-corrected chi connectivity index (χ4v) is 20.3. The van der Waals surface area contributed by atoms with Crippen molar-refractivity contribution in [1.82, 2.24) is 34.9 Å². The lowest BCUT2D eigenvalue weighted by atomic mass is 9.84. The number of nitrogens with zero attached hydrogens (tertiary/aromatic N) is 5. The molecule has 3 aliphatic heterocycles. The van der Waals surface area contributed by atoms with Gasteiger partial charge in [-0.2, -0.15) is 0 Å².